The van der Waals surface area contributed by atoms with Gasteiger partial charge in [0.1, 0.15) is 0 Å². The zero-order chi connectivity index (χ0) is 20.7. The first-order valence-corrected chi connectivity index (χ1v) is 12.0. The first-order chi connectivity index (χ1) is 14.3. The molecule has 2 rings (SSSR count). The van der Waals surface area contributed by atoms with E-state index in [9.17, 15) is 4.79 Å². The summed E-state index contributed by atoms with van der Waals surface area (Å²) < 4.78 is 0. The molecule has 0 heterocycles. The molecular weight excluding hydrogens is 354 g/mol. The Balaban J connectivity index is 1.97. The predicted octanol–water partition coefficient (Wildman–Crippen LogP) is 8.00. The number of rotatable bonds is 15. The maximum atomic E-state index is 13.4. The third-order valence-electron chi connectivity index (χ3n) is 5.87. The summed E-state index contributed by atoms with van der Waals surface area (Å²) in [6.07, 6.45) is 15.2. The highest BCUT2D eigenvalue weighted by Gasteiger charge is 2.17. The first kappa shape index (κ1) is 23.4. The molecule has 0 bridgehead atoms. The molecule has 0 saturated carbocycles. The van der Waals surface area contributed by atoms with Gasteiger partial charge in [0.2, 0.25) is 0 Å². The minimum absolute atomic E-state index is 0.212. The lowest BCUT2D eigenvalue weighted by Crippen LogP contribution is -2.33. The molecule has 0 spiro atoms. The van der Waals surface area contributed by atoms with Crippen molar-refractivity contribution in [3.8, 4) is 0 Å². The molecule has 0 atom stereocenters. The zero-order valence-corrected chi connectivity index (χ0v) is 18.8. The molecule has 0 fully saturated rings. The lowest BCUT2D eigenvalue weighted by molar-refractivity contribution is 0.0751. The van der Waals surface area contributed by atoms with Crippen molar-refractivity contribution in [2.75, 3.05) is 13.1 Å². The topological polar surface area (TPSA) is 20.3 Å². The molecule has 0 saturated heterocycles. The van der Waals surface area contributed by atoms with Crippen LogP contribution in [0.25, 0.3) is 10.8 Å². The maximum Gasteiger partial charge on any atom is 0.254 e. The standard InChI is InChI=1S/C27H41NO/c1-3-5-7-9-11-15-22-28(23-16-12-10-8-6-4-2)27(29)26-21-17-19-24-18-13-14-20-25(24)26/h13-14,17-21H,3-12,15-16,22-23H2,1-2H3. The number of carbonyl (C=O) groups excluding carboxylic acids is 1. The van der Waals surface area contributed by atoms with Crippen LogP contribution in [-0.4, -0.2) is 23.9 Å². The molecule has 0 aliphatic heterocycles. The summed E-state index contributed by atoms with van der Waals surface area (Å²) in [5.74, 6) is 0.212. The number of nitrogens with zero attached hydrogens (tertiary/aromatic N) is 1. The minimum Gasteiger partial charge on any atom is -0.339 e. The highest BCUT2D eigenvalue weighted by atomic mass is 16.2. The summed E-state index contributed by atoms with van der Waals surface area (Å²) in [5.41, 5.74) is 0.861. The van der Waals surface area contributed by atoms with Crippen LogP contribution in [0.15, 0.2) is 42.5 Å². The fraction of sp³-hybridized carbons (Fsp3) is 0.593. The fourth-order valence-electron chi connectivity index (χ4n) is 4.06. The lowest BCUT2D eigenvalue weighted by Gasteiger charge is -2.24. The van der Waals surface area contributed by atoms with E-state index in [0.29, 0.717) is 0 Å². The van der Waals surface area contributed by atoms with Gasteiger partial charge in [0.05, 0.1) is 0 Å². The molecule has 29 heavy (non-hydrogen) atoms. The van der Waals surface area contributed by atoms with E-state index in [1.165, 1.54) is 64.2 Å². The van der Waals surface area contributed by atoms with E-state index < -0.39 is 0 Å². The second-order valence-electron chi connectivity index (χ2n) is 8.35. The molecule has 2 aromatic carbocycles. The van der Waals surface area contributed by atoms with Gasteiger partial charge in [-0.1, -0.05) is 114 Å². The number of amides is 1. The second kappa shape index (κ2) is 14.2. The van der Waals surface area contributed by atoms with Crippen molar-refractivity contribution < 1.29 is 4.79 Å². The van der Waals surface area contributed by atoms with Crippen LogP contribution >= 0.6 is 0 Å². The van der Waals surface area contributed by atoms with Gasteiger partial charge < -0.3 is 4.90 Å². The normalized spacial score (nSPS) is 11.1. The Morgan fingerprint density at radius 2 is 1.17 bits per heavy atom. The Labute approximate surface area is 178 Å². The molecular formula is C27H41NO. The van der Waals surface area contributed by atoms with Crippen molar-refractivity contribution in [3.05, 3.63) is 48.0 Å². The first-order valence-electron chi connectivity index (χ1n) is 12.0. The molecule has 160 valence electrons. The van der Waals surface area contributed by atoms with Crippen LogP contribution in [0, 0.1) is 0 Å². The van der Waals surface area contributed by atoms with Crippen LogP contribution in [-0.2, 0) is 0 Å². The lowest BCUT2D eigenvalue weighted by atomic mass is 10.0. The average Bonchev–Trinajstić information content (AvgIpc) is 2.76. The largest absolute Gasteiger partial charge is 0.339 e. The Hall–Kier alpha value is -1.83. The Bertz CT molecular complexity index is 687. The number of unbranched alkanes of at least 4 members (excludes halogenated alkanes) is 10. The third-order valence-corrected chi connectivity index (χ3v) is 5.87. The average molecular weight is 396 g/mol. The van der Waals surface area contributed by atoms with E-state index in [2.05, 4.69) is 36.9 Å². The maximum absolute atomic E-state index is 13.4. The number of fused-ring (bicyclic) bond motifs is 1. The van der Waals surface area contributed by atoms with Crippen LogP contribution < -0.4 is 0 Å². The molecule has 0 aromatic heterocycles. The number of benzene rings is 2. The van der Waals surface area contributed by atoms with E-state index >= 15 is 0 Å². The van der Waals surface area contributed by atoms with Crippen molar-refractivity contribution in [3.63, 3.8) is 0 Å². The molecule has 0 aliphatic carbocycles. The van der Waals surface area contributed by atoms with Gasteiger partial charge in [-0.25, -0.2) is 0 Å². The second-order valence-corrected chi connectivity index (χ2v) is 8.35. The van der Waals surface area contributed by atoms with Gasteiger partial charge in [-0.2, -0.15) is 0 Å². The van der Waals surface area contributed by atoms with E-state index in [0.717, 1.165) is 42.3 Å². The van der Waals surface area contributed by atoms with Gasteiger partial charge in [-0.05, 0) is 29.7 Å². The highest BCUT2D eigenvalue weighted by Crippen LogP contribution is 2.21. The number of hydrogen-bond acceptors (Lipinski definition) is 1. The zero-order valence-electron chi connectivity index (χ0n) is 18.8. The van der Waals surface area contributed by atoms with Gasteiger partial charge >= 0.3 is 0 Å². The molecule has 0 unspecified atom stereocenters. The van der Waals surface area contributed by atoms with E-state index in [1.807, 2.05) is 24.3 Å². The van der Waals surface area contributed by atoms with Crippen LogP contribution in [0.3, 0.4) is 0 Å². The van der Waals surface area contributed by atoms with E-state index in [1.54, 1.807) is 0 Å². The number of hydrogen-bond donors (Lipinski definition) is 0. The third kappa shape index (κ3) is 8.20. The summed E-state index contributed by atoms with van der Waals surface area (Å²) in [4.78, 5) is 15.5. The van der Waals surface area contributed by atoms with Gasteiger partial charge in [-0.3, -0.25) is 4.79 Å². The minimum atomic E-state index is 0.212. The molecule has 2 aromatic rings. The monoisotopic (exact) mass is 395 g/mol. The Morgan fingerprint density at radius 1 is 0.655 bits per heavy atom. The van der Waals surface area contributed by atoms with Crippen molar-refractivity contribution >= 4 is 16.7 Å². The Morgan fingerprint density at radius 3 is 1.79 bits per heavy atom. The van der Waals surface area contributed by atoms with Crippen LogP contribution in [0.2, 0.25) is 0 Å². The van der Waals surface area contributed by atoms with Gasteiger partial charge in [-0.15, -0.1) is 0 Å². The van der Waals surface area contributed by atoms with Gasteiger partial charge in [0, 0.05) is 18.7 Å². The van der Waals surface area contributed by atoms with Crippen LogP contribution in [0.5, 0.6) is 0 Å². The van der Waals surface area contributed by atoms with Crippen molar-refractivity contribution in [1.82, 2.24) is 4.90 Å². The summed E-state index contributed by atoms with van der Waals surface area (Å²) in [6.45, 7) is 6.29. The fourth-order valence-corrected chi connectivity index (χ4v) is 4.06. The van der Waals surface area contributed by atoms with Crippen LogP contribution in [0.1, 0.15) is 101 Å². The van der Waals surface area contributed by atoms with E-state index in [-0.39, 0.29) is 5.91 Å². The van der Waals surface area contributed by atoms with Crippen molar-refractivity contribution in [1.29, 1.82) is 0 Å². The van der Waals surface area contributed by atoms with E-state index in [4.69, 9.17) is 0 Å². The van der Waals surface area contributed by atoms with Gasteiger partial charge in [0.15, 0.2) is 0 Å². The molecule has 2 nitrogen and oxygen atoms in total. The summed E-state index contributed by atoms with van der Waals surface area (Å²) in [5, 5.41) is 2.23. The molecule has 0 radical (unpaired) electrons. The van der Waals surface area contributed by atoms with Crippen molar-refractivity contribution in [2.24, 2.45) is 0 Å². The summed E-state index contributed by atoms with van der Waals surface area (Å²) in [6, 6.07) is 14.4. The highest BCUT2D eigenvalue weighted by molar-refractivity contribution is 6.07. The van der Waals surface area contributed by atoms with Crippen LogP contribution in [0.4, 0.5) is 0 Å². The molecule has 0 aliphatic rings. The number of carbonyl (C=O) groups is 1. The van der Waals surface area contributed by atoms with Gasteiger partial charge in [0.25, 0.3) is 5.91 Å². The quantitative estimate of drug-likeness (QED) is 0.280. The predicted molar refractivity (Wildman–Crippen MR) is 127 cm³/mol. The SMILES string of the molecule is CCCCCCCCN(CCCCCCCC)C(=O)c1cccc2ccccc12. The molecule has 2 heteroatoms. The molecule has 1 amide bonds. The summed E-state index contributed by atoms with van der Waals surface area (Å²) >= 11 is 0. The smallest absolute Gasteiger partial charge is 0.254 e. The van der Waals surface area contributed by atoms with Crippen molar-refractivity contribution in [2.45, 2.75) is 90.9 Å². The summed E-state index contributed by atoms with van der Waals surface area (Å²) in [7, 11) is 0. The Kier molecular flexibility index (Phi) is 11.5. The molecule has 0 N–H and O–H groups in total.